The molecule has 0 saturated heterocycles. The van der Waals surface area contributed by atoms with Crippen molar-refractivity contribution >= 4 is 34.2 Å². The Balaban J connectivity index is 1.41. The molecular formula is C29H27N3O5S. The van der Waals surface area contributed by atoms with E-state index in [0.717, 1.165) is 36.5 Å². The molecule has 0 radical (unpaired) electrons. The molecule has 0 bridgehead atoms. The Hall–Kier alpha value is -4.08. The molecule has 0 aliphatic carbocycles. The highest BCUT2D eigenvalue weighted by Gasteiger charge is 2.28. The van der Waals surface area contributed by atoms with Crippen LogP contribution in [-0.4, -0.2) is 35.2 Å². The monoisotopic (exact) mass is 529 g/mol. The Bertz CT molecular complexity index is 1510. The van der Waals surface area contributed by atoms with Gasteiger partial charge in [-0.05, 0) is 43.5 Å². The number of aliphatic imine (C=N–C) groups is 1. The number of carbonyl (C=O) groups excluding carboxylic acids is 1. The molecule has 3 heterocycles. The largest absolute Gasteiger partial charge is 0.462 e. The van der Waals surface area contributed by atoms with Gasteiger partial charge in [-0.3, -0.25) is 15.0 Å². The topological polar surface area (TPSA) is 98.2 Å². The van der Waals surface area contributed by atoms with Crippen LogP contribution in [0.5, 0.6) is 0 Å². The van der Waals surface area contributed by atoms with E-state index in [-0.39, 0.29) is 18.3 Å². The third-order valence-corrected chi connectivity index (χ3v) is 7.67. The highest BCUT2D eigenvalue weighted by Crippen LogP contribution is 2.40. The average molecular weight is 530 g/mol. The third kappa shape index (κ3) is 5.29. The van der Waals surface area contributed by atoms with Gasteiger partial charge < -0.3 is 9.15 Å². The van der Waals surface area contributed by atoms with Crippen molar-refractivity contribution in [1.29, 1.82) is 0 Å². The molecule has 9 heteroatoms. The molecule has 0 atom stereocenters. The summed E-state index contributed by atoms with van der Waals surface area (Å²) in [5, 5.41) is 11.9. The van der Waals surface area contributed by atoms with Gasteiger partial charge in [0.2, 0.25) is 0 Å². The fraction of sp³-hybridized carbons (Fsp3) is 0.241. The van der Waals surface area contributed by atoms with E-state index in [2.05, 4.69) is 22.0 Å². The molecule has 0 N–H and O–H groups in total. The predicted octanol–water partition coefficient (Wildman–Crippen LogP) is 6.71. The predicted molar refractivity (Wildman–Crippen MR) is 147 cm³/mol. The van der Waals surface area contributed by atoms with E-state index in [1.165, 1.54) is 23.0 Å². The lowest BCUT2D eigenvalue weighted by molar-refractivity contribution is -0.385. The Morgan fingerprint density at radius 2 is 2.00 bits per heavy atom. The number of nitrogens with zero attached hydrogens (tertiary/aromatic N) is 3. The van der Waals surface area contributed by atoms with E-state index in [1.54, 1.807) is 44.3 Å². The van der Waals surface area contributed by atoms with Crippen LogP contribution in [0, 0.1) is 17.0 Å². The van der Waals surface area contributed by atoms with E-state index >= 15 is 0 Å². The molecule has 0 amide bonds. The Morgan fingerprint density at radius 1 is 1.18 bits per heavy atom. The number of benzene rings is 2. The van der Waals surface area contributed by atoms with Gasteiger partial charge in [0.05, 0.1) is 23.3 Å². The fourth-order valence-electron chi connectivity index (χ4n) is 4.70. The molecule has 0 fully saturated rings. The number of carbonyl (C=O) groups is 1. The summed E-state index contributed by atoms with van der Waals surface area (Å²) in [7, 11) is 0. The van der Waals surface area contributed by atoms with Crippen LogP contribution in [0.4, 0.5) is 10.7 Å². The average Bonchev–Trinajstić information content (AvgIpc) is 3.52. The van der Waals surface area contributed by atoms with Gasteiger partial charge in [-0.25, -0.2) is 9.79 Å². The highest BCUT2D eigenvalue weighted by molar-refractivity contribution is 7.16. The van der Waals surface area contributed by atoms with Gasteiger partial charge in [0.15, 0.2) is 0 Å². The second kappa shape index (κ2) is 11.1. The number of rotatable bonds is 8. The first-order valence-corrected chi connectivity index (χ1v) is 13.2. The molecule has 2 aromatic carbocycles. The quantitative estimate of drug-likeness (QED) is 0.109. The van der Waals surface area contributed by atoms with E-state index in [1.807, 2.05) is 18.2 Å². The molecule has 4 aromatic rings. The van der Waals surface area contributed by atoms with E-state index in [4.69, 9.17) is 9.15 Å². The number of esters is 1. The molecule has 1 aliphatic heterocycles. The molecule has 194 valence electrons. The maximum atomic E-state index is 12.9. The van der Waals surface area contributed by atoms with Crippen LogP contribution in [0.1, 0.15) is 44.6 Å². The van der Waals surface area contributed by atoms with E-state index in [9.17, 15) is 14.9 Å². The minimum atomic E-state index is -0.402. The number of thiophene rings is 1. The molecule has 8 nitrogen and oxygen atoms in total. The maximum Gasteiger partial charge on any atom is 0.341 e. The fourth-order valence-corrected chi connectivity index (χ4v) is 5.92. The second-order valence-electron chi connectivity index (χ2n) is 9.02. The van der Waals surface area contributed by atoms with Crippen molar-refractivity contribution in [2.75, 3.05) is 13.2 Å². The Kier molecular flexibility index (Phi) is 7.48. The summed E-state index contributed by atoms with van der Waals surface area (Å²) in [5.41, 5.74) is 4.02. The maximum absolute atomic E-state index is 12.9. The summed E-state index contributed by atoms with van der Waals surface area (Å²) in [6.07, 6.45) is 2.33. The molecule has 2 aromatic heterocycles. The smallest absolute Gasteiger partial charge is 0.341 e. The van der Waals surface area contributed by atoms with Gasteiger partial charge in [-0.15, -0.1) is 11.3 Å². The lowest BCUT2D eigenvalue weighted by atomic mass is 10.0. The van der Waals surface area contributed by atoms with E-state index in [0.29, 0.717) is 33.2 Å². The molecule has 38 heavy (non-hydrogen) atoms. The van der Waals surface area contributed by atoms with Crippen molar-refractivity contribution in [2.24, 2.45) is 4.99 Å². The Morgan fingerprint density at radius 3 is 2.76 bits per heavy atom. The first kappa shape index (κ1) is 25.6. The number of nitro groups is 1. The van der Waals surface area contributed by atoms with Gasteiger partial charge in [0.25, 0.3) is 5.69 Å². The minimum absolute atomic E-state index is 0.0404. The van der Waals surface area contributed by atoms with Gasteiger partial charge in [-0.2, -0.15) is 0 Å². The van der Waals surface area contributed by atoms with Gasteiger partial charge in [-0.1, -0.05) is 42.5 Å². The standard InChI is InChI=1S/C29H27N3O5S/c1-3-36-29(33)27-23-14-15-31(17-20-8-5-4-6-9-20)18-26(23)38-28(27)30-16-21-12-13-25(37-21)22-10-7-11-24(19(22)2)32(34)35/h4-13,16H,3,14-15,17-18H2,1-2H3. The van der Waals surface area contributed by atoms with Crippen molar-refractivity contribution in [3.63, 3.8) is 0 Å². The SMILES string of the molecule is CCOC(=O)c1c(N=Cc2ccc(-c3cccc([N+](=O)[O-])c3C)o2)sc2c1CCN(Cc1ccccc1)C2. The number of hydrogen-bond acceptors (Lipinski definition) is 8. The van der Waals surface area contributed by atoms with Crippen LogP contribution in [0.25, 0.3) is 11.3 Å². The molecule has 1 aliphatic rings. The zero-order chi connectivity index (χ0) is 26.6. The number of nitro benzene ring substituents is 1. The summed E-state index contributed by atoms with van der Waals surface area (Å²) >= 11 is 1.50. The van der Waals surface area contributed by atoms with Crippen LogP contribution < -0.4 is 0 Å². The highest BCUT2D eigenvalue weighted by atomic mass is 32.1. The summed E-state index contributed by atoms with van der Waals surface area (Å²) < 4.78 is 11.3. The minimum Gasteiger partial charge on any atom is -0.462 e. The third-order valence-electron chi connectivity index (χ3n) is 6.55. The van der Waals surface area contributed by atoms with Gasteiger partial charge in [0.1, 0.15) is 16.5 Å². The van der Waals surface area contributed by atoms with Crippen LogP contribution >= 0.6 is 11.3 Å². The molecule has 0 spiro atoms. The van der Waals surface area contributed by atoms with Crippen molar-refractivity contribution in [2.45, 2.75) is 33.4 Å². The lowest BCUT2D eigenvalue weighted by Crippen LogP contribution is -2.29. The zero-order valence-electron chi connectivity index (χ0n) is 21.2. The van der Waals surface area contributed by atoms with Crippen LogP contribution in [-0.2, 0) is 24.2 Å². The van der Waals surface area contributed by atoms with Crippen LogP contribution in [0.3, 0.4) is 0 Å². The number of furan rings is 1. The molecular weight excluding hydrogens is 502 g/mol. The number of fused-ring (bicyclic) bond motifs is 1. The summed E-state index contributed by atoms with van der Waals surface area (Å²) in [6.45, 7) is 6.22. The number of hydrogen-bond donors (Lipinski definition) is 0. The first-order valence-electron chi connectivity index (χ1n) is 12.4. The van der Waals surface area contributed by atoms with Gasteiger partial charge in [0, 0.05) is 41.7 Å². The van der Waals surface area contributed by atoms with Crippen molar-refractivity contribution < 1.29 is 18.9 Å². The number of ether oxygens (including phenoxy) is 1. The summed E-state index contributed by atoms with van der Waals surface area (Å²) in [4.78, 5) is 32.0. The van der Waals surface area contributed by atoms with Crippen LogP contribution in [0.2, 0.25) is 0 Å². The van der Waals surface area contributed by atoms with Gasteiger partial charge >= 0.3 is 5.97 Å². The van der Waals surface area contributed by atoms with Crippen molar-refractivity contribution in [3.8, 4) is 11.3 Å². The summed E-state index contributed by atoms with van der Waals surface area (Å²) in [5.74, 6) is 0.638. The summed E-state index contributed by atoms with van der Waals surface area (Å²) in [6, 6.07) is 18.8. The van der Waals surface area contributed by atoms with Crippen molar-refractivity contribution in [1.82, 2.24) is 4.90 Å². The lowest BCUT2D eigenvalue weighted by Gasteiger charge is -2.27. The molecule has 0 unspecified atom stereocenters. The Labute approximate surface area is 224 Å². The first-order chi connectivity index (χ1) is 18.4. The normalized spacial score (nSPS) is 13.5. The van der Waals surface area contributed by atoms with E-state index < -0.39 is 4.92 Å². The zero-order valence-corrected chi connectivity index (χ0v) is 22.0. The van der Waals surface area contributed by atoms with Crippen molar-refractivity contribution in [3.05, 3.63) is 104 Å². The van der Waals surface area contributed by atoms with Crippen LogP contribution in [0.15, 0.2) is 70.1 Å². The molecule has 0 saturated carbocycles. The second-order valence-corrected chi connectivity index (χ2v) is 10.1. The molecule has 5 rings (SSSR count).